The van der Waals surface area contributed by atoms with Crippen molar-refractivity contribution in [2.45, 2.75) is 26.2 Å². The Hall–Kier alpha value is -1.06. The van der Waals surface area contributed by atoms with Gasteiger partial charge >= 0.3 is 0 Å². The summed E-state index contributed by atoms with van der Waals surface area (Å²) >= 11 is 0. The van der Waals surface area contributed by atoms with Crippen molar-refractivity contribution in [3.63, 3.8) is 0 Å². The first-order valence-electron chi connectivity index (χ1n) is 6.64. The van der Waals surface area contributed by atoms with Crippen LogP contribution in [0.4, 0.5) is 0 Å². The summed E-state index contributed by atoms with van der Waals surface area (Å²) in [5, 5.41) is 13.2. The fourth-order valence-electron chi connectivity index (χ4n) is 2.82. The van der Waals surface area contributed by atoms with Gasteiger partial charge in [0.15, 0.2) is 0 Å². The minimum Gasteiger partial charge on any atom is -0.496 e. The largest absolute Gasteiger partial charge is 0.496 e. The maximum Gasteiger partial charge on any atom is 0.122 e. The lowest BCUT2D eigenvalue weighted by molar-refractivity contribution is 0.0941. The molecule has 0 aromatic heterocycles. The van der Waals surface area contributed by atoms with Gasteiger partial charge in [0.25, 0.3) is 0 Å². The van der Waals surface area contributed by atoms with Gasteiger partial charge in [0.05, 0.1) is 13.7 Å². The van der Waals surface area contributed by atoms with Crippen LogP contribution in [-0.2, 0) is 6.42 Å². The van der Waals surface area contributed by atoms with Crippen molar-refractivity contribution in [1.82, 2.24) is 5.32 Å². The molecule has 2 N–H and O–H groups in total. The van der Waals surface area contributed by atoms with E-state index < -0.39 is 0 Å². The van der Waals surface area contributed by atoms with Crippen LogP contribution in [0, 0.1) is 12.3 Å². The molecule has 2 rings (SSSR count). The van der Waals surface area contributed by atoms with Crippen LogP contribution in [0.15, 0.2) is 18.2 Å². The molecule has 1 fully saturated rings. The second-order valence-electron chi connectivity index (χ2n) is 5.43. The van der Waals surface area contributed by atoms with Gasteiger partial charge in [-0.2, -0.15) is 0 Å². The maximum absolute atomic E-state index is 9.75. The number of nitrogens with one attached hydrogen (secondary N) is 1. The SMILES string of the molecule is COc1ccc(C)cc1CC1(CO)CCCNC1. The minimum atomic E-state index is -0.0284. The average Bonchev–Trinajstić information content (AvgIpc) is 2.40. The number of aliphatic hydroxyl groups excluding tert-OH is 1. The molecule has 0 saturated carbocycles. The molecule has 0 spiro atoms. The van der Waals surface area contributed by atoms with E-state index >= 15 is 0 Å². The van der Waals surface area contributed by atoms with Crippen LogP contribution in [0.5, 0.6) is 5.75 Å². The van der Waals surface area contributed by atoms with Crippen molar-refractivity contribution in [3.05, 3.63) is 29.3 Å². The van der Waals surface area contributed by atoms with Crippen molar-refractivity contribution < 1.29 is 9.84 Å². The molecule has 1 saturated heterocycles. The number of ether oxygens (including phenoxy) is 1. The minimum absolute atomic E-state index is 0.0284. The predicted octanol–water partition coefficient (Wildman–Crippen LogP) is 1.91. The first-order valence-corrected chi connectivity index (χ1v) is 6.64. The van der Waals surface area contributed by atoms with E-state index in [-0.39, 0.29) is 12.0 Å². The van der Waals surface area contributed by atoms with Crippen molar-refractivity contribution in [2.75, 3.05) is 26.8 Å². The molecule has 1 heterocycles. The van der Waals surface area contributed by atoms with Gasteiger partial charge in [-0.3, -0.25) is 0 Å². The highest BCUT2D eigenvalue weighted by Crippen LogP contribution is 2.33. The van der Waals surface area contributed by atoms with E-state index in [2.05, 4.69) is 24.4 Å². The van der Waals surface area contributed by atoms with Crippen LogP contribution in [0.1, 0.15) is 24.0 Å². The lowest BCUT2D eigenvalue weighted by Gasteiger charge is -2.36. The van der Waals surface area contributed by atoms with Crippen molar-refractivity contribution >= 4 is 0 Å². The fraction of sp³-hybridized carbons (Fsp3) is 0.600. The fourth-order valence-corrected chi connectivity index (χ4v) is 2.82. The zero-order valence-electron chi connectivity index (χ0n) is 11.3. The lowest BCUT2D eigenvalue weighted by atomic mass is 9.76. The number of benzene rings is 1. The van der Waals surface area contributed by atoms with Crippen LogP contribution in [0.25, 0.3) is 0 Å². The molecule has 100 valence electrons. The second kappa shape index (κ2) is 5.72. The molecule has 1 aromatic rings. The van der Waals surface area contributed by atoms with E-state index in [9.17, 15) is 5.11 Å². The number of rotatable bonds is 4. The van der Waals surface area contributed by atoms with Crippen molar-refractivity contribution in [2.24, 2.45) is 5.41 Å². The molecule has 1 aliphatic rings. The average molecular weight is 249 g/mol. The highest BCUT2D eigenvalue weighted by atomic mass is 16.5. The smallest absolute Gasteiger partial charge is 0.122 e. The normalized spacial score (nSPS) is 23.9. The van der Waals surface area contributed by atoms with Crippen LogP contribution in [0.2, 0.25) is 0 Å². The highest BCUT2D eigenvalue weighted by molar-refractivity contribution is 5.37. The Morgan fingerprint density at radius 2 is 2.28 bits per heavy atom. The summed E-state index contributed by atoms with van der Waals surface area (Å²) in [5.41, 5.74) is 2.41. The summed E-state index contributed by atoms with van der Waals surface area (Å²) in [4.78, 5) is 0. The monoisotopic (exact) mass is 249 g/mol. The molecule has 0 amide bonds. The zero-order chi connectivity index (χ0) is 13.0. The van der Waals surface area contributed by atoms with Crippen LogP contribution in [0.3, 0.4) is 0 Å². The lowest BCUT2D eigenvalue weighted by Crippen LogP contribution is -2.44. The van der Waals surface area contributed by atoms with Gasteiger partial charge < -0.3 is 15.2 Å². The third-order valence-corrected chi connectivity index (χ3v) is 3.90. The van der Waals surface area contributed by atoms with Gasteiger partial charge in [-0.1, -0.05) is 17.7 Å². The number of aryl methyl sites for hydroxylation is 1. The molecule has 3 heteroatoms. The molecule has 1 aromatic carbocycles. The quantitative estimate of drug-likeness (QED) is 0.856. The molecule has 1 aliphatic heterocycles. The number of hydrogen-bond donors (Lipinski definition) is 2. The number of hydrogen-bond acceptors (Lipinski definition) is 3. The van der Waals surface area contributed by atoms with Crippen LogP contribution in [-0.4, -0.2) is 31.9 Å². The summed E-state index contributed by atoms with van der Waals surface area (Å²) < 4.78 is 5.43. The van der Waals surface area contributed by atoms with Gasteiger partial charge in [-0.05, 0) is 44.4 Å². The molecule has 1 unspecified atom stereocenters. The number of aliphatic hydroxyl groups is 1. The summed E-state index contributed by atoms with van der Waals surface area (Å²) in [6.45, 7) is 4.28. The van der Waals surface area contributed by atoms with Gasteiger partial charge in [-0.25, -0.2) is 0 Å². The van der Waals surface area contributed by atoms with E-state index in [0.717, 1.165) is 38.1 Å². The standard InChI is InChI=1S/C15H23NO2/c1-12-4-5-14(18-2)13(8-12)9-15(11-17)6-3-7-16-10-15/h4-5,8,16-17H,3,6-7,9-11H2,1-2H3. The van der Waals surface area contributed by atoms with E-state index in [0.29, 0.717) is 0 Å². The maximum atomic E-state index is 9.75. The third-order valence-electron chi connectivity index (χ3n) is 3.90. The van der Waals surface area contributed by atoms with Gasteiger partial charge in [0, 0.05) is 12.0 Å². The highest BCUT2D eigenvalue weighted by Gasteiger charge is 2.32. The Labute approximate surface area is 109 Å². The summed E-state index contributed by atoms with van der Waals surface area (Å²) in [7, 11) is 1.71. The molecule has 0 aliphatic carbocycles. The Bertz CT molecular complexity index is 397. The van der Waals surface area contributed by atoms with Gasteiger partial charge in [0.2, 0.25) is 0 Å². The zero-order valence-corrected chi connectivity index (χ0v) is 11.3. The van der Waals surface area contributed by atoms with Crippen LogP contribution >= 0.6 is 0 Å². The van der Waals surface area contributed by atoms with E-state index in [1.165, 1.54) is 11.1 Å². The topological polar surface area (TPSA) is 41.5 Å². The van der Waals surface area contributed by atoms with Gasteiger partial charge in [0.1, 0.15) is 5.75 Å². The Morgan fingerprint density at radius 3 is 2.89 bits per heavy atom. The number of methoxy groups -OCH3 is 1. The van der Waals surface area contributed by atoms with Crippen LogP contribution < -0.4 is 10.1 Å². The van der Waals surface area contributed by atoms with E-state index in [4.69, 9.17) is 4.74 Å². The van der Waals surface area contributed by atoms with E-state index in [1.54, 1.807) is 7.11 Å². The van der Waals surface area contributed by atoms with E-state index in [1.807, 2.05) is 6.07 Å². The first kappa shape index (κ1) is 13.4. The molecule has 18 heavy (non-hydrogen) atoms. The molecule has 0 bridgehead atoms. The Morgan fingerprint density at radius 1 is 1.44 bits per heavy atom. The second-order valence-corrected chi connectivity index (χ2v) is 5.43. The molecule has 3 nitrogen and oxygen atoms in total. The Kier molecular flexibility index (Phi) is 4.25. The predicted molar refractivity (Wildman–Crippen MR) is 73.1 cm³/mol. The summed E-state index contributed by atoms with van der Waals surface area (Å²) in [5.74, 6) is 0.930. The number of piperidine rings is 1. The first-order chi connectivity index (χ1) is 8.69. The molecule has 0 radical (unpaired) electrons. The molecular weight excluding hydrogens is 226 g/mol. The Balaban J connectivity index is 2.23. The van der Waals surface area contributed by atoms with Crippen molar-refractivity contribution in [3.8, 4) is 5.75 Å². The molecule has 1 atom stereocenters. The molecular formula is C15H23NO2. The summed E-state index contributed by atoms with van der Waals surface area (Å²) in [6.07, 6.45) is 3.09. The van der Waals surface area contributed by atoms with Gasteiger partial charge in [-0.15, -0.1) is 0 Å². The third kappa shape index (κ3) is 2.85. The summed E-state index contributed by atoms with van der Waals surface area (Å²) in [6, 6.07) is 6.25. The van der Waals surface area contributed by atoms with Crippen molar-refractivity contribution in [1.29, 1.82) is 0 Å².